The number of nitriles is 1. The number of hydrogen-bond acceptors (Lipinski definition) is 7. The van der Waals surface area contributed by atoms with E-state index in [0.29, 0.717) is 25.5 Å². The molecule has 0 saturated heterocycles. The Bertz CT molecular complexity index is 1030. The highest BCUT2D eigenvalue weighted by Crippen LogP contribution is 2.12. The van der Waals surface area contributed by atoms with Gasteiger partial charge in [-0.15, -0.1) is 0 Å². The van der Waals surface area contributed by atoms with Crippen molar-refractivity contribution in [2.45, 2.75) is 92.5 Å². The molecule has 0 fully saturated rings. The van der Waals surface area contributed by atoms with Gasteiger partial charge in [-0.3, -0.25) is 14.9 Å². The standard InChI is InChI=1S/C9H10O.C9H20.C8H7N.C4H7NO2.C4H5NO.C2H6O.CH5N/c10-8-4-7-9-5-2-1-3-6-9;1-4-6-8-9(3)7-5-2;1-7-4-2-3-5-8(7)6-9;1-4(2-6)5-3-7;1-2-3-5-4-6;1-3-2;1-2/h1-3,5-6,8H,4,7H2;9H,4-8H2,1-3H3;2-5H,1H3;2-4H,1H3,(H,5,7);4H,1H3,(H,5,6);1-2H3;2H2,1H3. The second-order valence-electron chi connectivity index (χ2n) is 9.41. The number of ether oxygens (including phenoxy) is 1. The van der Waals surface area contributed by atoms with Gasteiger partial charge >= 0.3 is 0 Å². The normalized spacial score (nSPS) is 9.33. The Morgan fingerprint density at radius 2 is 1.46 bits per heavy atom. The lowest BCUT2D eigenvalue weighted by atomic mass is 10.00. The third-order valence-corrected chi connectivity index (χ3v) is 5.28. The van der Waals surface area contributed by atoms with E-state index in [-0.39, 0.29) is 6.04 Å². The minimum Gasteiger partial charge on any atom is -0.388 e. The van der Waals surface area contributed by atoms with E-state index >= 15 is 0 Å². The van der Waals surface area contributed by atoms with Crippen LogP contribution in [0.2, 0.25) is 0 Å². The van der Waals surface area contributed by atoms with Crippen molar-refractivity contribution in [3.63, 3.8) is 0 Å². The summed E-state index contributed by atoms with van der Waals surface area (Å²) in [6, 6.07) is 21.6. The average molecular weight is 641 g/mol. The summed E-state index contributed by atoms with van der Waals surface area (Å²) < 4.78 is 4.25. The first kappa shape index (κ1) is 51.3. The number of benzene rings is 2. The highest BCUT2D eigenvalue weighted by molar-refractivity contribution is 5.62. The molecule has 2 rings (SSSR count). The molecule has 0 aliphatic carbocycles. The zero-order valence-corrected chi connectivity index (χ0v) is 29.7. The van der Waals surface area contributed by atoms with Crippen LogP contribution in [0.25, 0.3) is 0 Å². The average Bonchev–Trinajstić information content (AvgIpc) is 3.09. The number of aldehydes is 2. The number of methoxy groups -OCH3 is 1. The van der Waals surface area contributed by atoms with E-state index in [1.165, 1.54) is 44.7 Å². The van der Waals surface area contributed by atoms with Crippen molar-refractivity contribution in [2.75, 3.05) is 21.3 Å². The van der Waals surface area contributed by atoms with E-state index in [4.69, 9.17) is 5.26 Å². The van der Waals surface area contributed by atoms with Gasteiger partial charge in [0.25, 0.3) is 0 Å². The first-order valence-electron chi connectivity index (χ1n) is 15.4. The van der Waals surface area contributed by atoms with Gasteiger partial charge < -0.3 is 25.4 Å². The van der Waals surface area contributed by atoms with E-state index in [9.17, 15) is 19.2 Å². The topological polar surface area (TPSA) is 151 Å². The molecule has 0 aliphatic rings. The first-order valence-corrected chi connectivity index (χ1v) is 15.4. The molecular weight excluding hydrogens is 580 g/mol. The van der Waals surface area contributed by atoms with Crippen LogP contribution in [0.3, 0.4) is 0 Å². The van der Waals surface area contributed by atoms with Crippen LogP contribution in [0.1, 0.15) is 89.8 Å². The molecule has 2 aromatic rings. The minimum atomic E-state index is -0.350. The largest absolute Gasteiger partial charge is 0.388 e. The van der Waals surface area contributed by atoms with Crippen molar-refractivity contribution in [2.24, 2.45) is 11.7 Å². The van der Waals surface area contributed by atoms with Gasteiger partial charge in [0.05, 0.1) is 17.7 Å². The van der Waals surface area contributed by atoms with Crippen molar-refractivity contribution in [3.05, 3.63) is 71.3 Å². The smallest absolute Gasteiger partial charge is 0.218 e. The number of carbonyl (C=O) groups excluding carboxylic acids is 4. The Hall–Kier alpha value is -4.31. The van der Waals surface area contributed by atoms with Crippen LogP contribution in [-0.4, -0.2) is 52.7 Å². The number of nitrogens with two attached hydrogens (primary N) is 1. The van der Waals surface area contributed by atoms with Crippen molar-refractivity contribution in [1.29, 1.82) is 5.26 Å². The molecule has 258 valence electrons. The van der Waals surface area contributed by atoms with Gasteiger partial charge in [0.2, 0.25) is 12.8 Å². The molecule has 2 aromatic carbocycles. The van der Waals surface area contributed by atoms with Crippen molar-refractivity contribution in [1.82, 2.24) is 10.6 Å². The number of rotatable bonds is 12. The Morgan fingerprint density at radius 3 is 1.80 bits per heavy atom. The molecule has 9 nitrogen and oxygen atoms in total. The molecule has 0 spiro atoms. The quantitative estimate of drug-likeness (QED) is 0.143. The molecule has 0 saturated carbocycles. The van der Waals surface area contributed by atoms with E-state index in [2.05, 4.69) is 59.9 Å². The third kappa shape index (κ3) is 46.6. The molecule has 46 heavy (non-hydrogen) atoms. The number of aryl methyl sites for hydroxylation is 2. The van der Waals surface area contributed by atoms with Crippen LogP contribution in [0.5, 0.6) is 0 Å². The van der Waals surface area contributed by atoms with Gasteiger partial charge in [-0.25, -0.2) is 0 Å². The summed E-state index contributed by atoms with van der Waals surface area (Å²) in [6.07, 6.45) is 11.1. The Kier molecular flexibility index (Phi) is 53.1. The Balaban J connectivity index is -0.000000148. The van der Waals surface area contributed by atoms with Gasteiger partial charge in [0.1, 0.15) is 12.6 Å². The fraction of sp³-hybridized carbons (Fsp3) is 0.486. The van der Waals surface area contributed by atoms with Crippen LogP contribution in [0, 0.1) is 36.1 Å². The molecule has 2 amide bonds. The summed E-state index contributed by atoms with van der Waals surface area (Å²) in [4.78, 5) is 38.5. The van der Waals surface area contributed by atoms with Crippen LogP contribution in [-0.2, 0) is 30.3 Å². The first-order chi connectivity index (χ1) is 22.2. The van der Waals surface area contributed by atoms with E-state index < -0.39 is 0 Å². The summed E-state index contributed by atoms with van der Waals surface area (Å²) in [5.41, 5.74) is 7.53. The number of amides is 2. The molecule has 0 heterocycles. The van der Waals surface area contributed by atoms with Crippen LogP contribution in [0.15, 0.2) is 54.6 Å². The minimum absolute atomic E-state index is 0.350. The Morgan fingerprint density at radius 1 is 0.891 bits per heavy atom. The summed E-state index contributed by atoms with van der Waals surface area (Å²) in [5.74, 6) is 3.44. The third-order valence-electron chi connectivity index (χ3n) is 5.28. The second kappa shape index (κ2) is 47.6. The summed E-state index contributed by atoms with van der Waals surface area (Å²) >= 11 is 0. The van der Waals surface area contributed by atoms with Gasteiger partial charge in [-0.1, -0.05) is 107 Å². The maximum Gasteiger partial charge on any atom is 0.218 e. The molecular formula is C37H60N4O5. The molecule has 4 N–H and O–H groups in total. The van der Waals surface area contributed by atoms with Gasteiger partial charge in [-0.05, 0) is 57.4 Å². The van der Waals surface area contributed by atoms with E-state index in [1.807, 2.05) is 61.5 Å². The van der Waals surface area contributed by atoms with Gasteiger partial charge in [0, 0.05) is 26.7 Å². The lowest BCUT2D eigenvalue weighted by Crippen LogP contribution is -2.24. The molecule has 0 radical (unpaired) electrons. The van der Waals surface area contributed by atoms with E-state index in [0.717, 1.165) is 29.8 Å². The van der Waals surface area contributed by atoms with Crippen LogP contribution in [0.4, 0.5) is 0 Å². The maximum atomic E-state index is 9.98. The van der Waals surface area contributed by atoms with Crippen LogP contribution >= 0.6 is 0 Å². The Labute approximate surface area is 279 Å². The summed E-state index contributed by atoms with van der Waals surface area (Å²) in [7, 11) is 4.75. The lowest BCUT2D eigenvalue weighted by Gasteiger charge is -2.07. The SMILES string of the molecule is CC#CNC=O.CC(C=O)NC=O.CCCCC(C)CCC.CN.COC.Cc1ccccc1C#N.O=CCCc1ccccc1. The summed E-state index contributed by atoms with van der Waals surface area (Å²) in [6.45, 7) is 12.1. The number of nitrogens with one attached hydrogen (secondary N) is 2. The molecule has 2 atom stereocenters. The van der Waals surface area contributed by atoms with Crippen LogP contribution < -0.4 is 16.4 Å². The predicted octanol–water partition coefficient (Wildman–Crippen LogP) is 6.17. The maximum absolute atomic E-state index is 9.98. The molecule has 0 aromatic heterocycles. The number of nitrogens with zero attached hydrogens (tertiary/aromatic N) is 1. The fourth-order valence-corrected chi connectivity index (χ4v) is 3.01. The molecule has 0 bridgehead atoms. The second-order valence-corrected chi connectivity index (χ2v) is 9.41. The van der Waals surface area contributed by atoms with Gasteiger partial charge in [0.15, 0.2) is 0 Å². The molecule has 0 aliphatic heterocycles. The predicted molar refractivity (Wildman–Crippen MR) is 191 cm³/mol. The summed E-state index contributed by atoms with van der Waals surface area (Å²) in [5, 5.41) is 12.9. The van der Waals surface area contributed by atoms with E-state index in [1.54, 1.807) is 28.1 Å². The highest BCUT2D eigenvalue weighted by Gasteiger charge is 1.97. The number of carbonyl (C=O) groups is 4. The van der Waals surface area contributed by atoms with Gasteiger partial charge in [-0.2, -0.15) is 5.26 Å². The zero-order valence-electron chi connectivity index (χ0n) is 29.7. The highest BCUT2D eigenvalue weighted by atomic mass is 16.4. The lowest BCUT2D eigenvalue weighted by molar-refractivity contribution is -0.114. The molecule has 9 heteroatoms. The van der Waals surface area contributed by atoms with Crippen molar-refractivity contribution >= 4 is 25.4 Å². The monoisotopic (exact) mass is 640 g/mol. The fourth-order valence-electron chi connectivity index (χ4n) is 3.01. The van der Waals surface area contributed by atoms with Crippen molar-refractivity contribution in [3.8, 4) is 18.0 Å². The molecule has 2 unspecified atom stereocenters. The zero-order chi connectivity index (χ0) is 36.3. The number of hydrogen-bond donors (Lipinski definition) is 3. The van der Waals surface area contributed by atoms with Crippen molar-refractivity contribution < 1.29 is 23.9 Å². The number of unbranched alkanes of at least 4 members (excludes halogenated alkanes) is 1.